The number of carbonyl (C=O) groups is 2. The Kier molecular flexibility index (Phi) is 6.19. The number of ketones is 1. The van der Waals surface area contributed by atoms with Crippen molar-refractivity contribution in [3.8, 4) is 6.07 Å². The second-order valence-corrected chi connectivity index (χ2v) is 7.07. The van der Waals surface area contributed by atoms with Gasteiger partial charge < -0.3 is 9.84 Å². The van der Waals surface area contributed by atoms with Crippen LogP contribution in [0, 0.1) is 16.7 Å². The molecule has 3 rings (SSSR count). The molecule has 1 aliphatic carbocycles. The average molecular weight is 397 g/mol. The summed E-state index contributed by atoms with van der Waals surface area (Å²) in [5, 5.41) is 16.5. The lowest BCUT2D eigenvalue weighted by molar-refractivity contribution is -0.138. The van der Waals surface area contributed by atoms with Crippen LogP contribution in [0.4, 0.5) is 13.2 Å². The van der Waals surface area contributed by atoms with Gasteiger partial charge in [-0.15, -0.1) is 0 Å². The Morgan fingerprint density at radius 2 is 2.07 bits per heavy atom. The number of allylic oxidation sites excluding steroid dienone is 1. The van der Waals surface area contributed by atoms with E-state index in [9.17, 15) is 13.6 Å². The van der Waals surface area contributed by atoms with Crippen molar-refractivity contribution in [1.82, 2.24) is 9.97 Å². The maximum atomic E-state index is 15.1. The number of rotatable bonds is 2. The zero-order valence-corrected chi connectivity index (χ0v) is 15.1. The summed E-state index contributed by atoms with van der Waals surface area (Å²) >= 11 is 0. The molecule has 1 aliphatic heterocycles. The molecular formula is C18H18F3N3O4. The Morgan fingerprint density at radius 3 is 2.57 bits per heavy atom. The van der Waals surface area contributed by atoms with Crippen LogP contribution in [0.15, 0.2) is 30.2 Å². The molecular weight excluding hydrogens is 379 g/mol. The van der Waals surface area contributed by atoms with Crippen molar-refractivity contribution in [2.75, 3.05) is 6.67 Å². The van der Waals surface area contributed by atoms with E-state index in [1.807, 2.05) is 0 Å². The van der Waals surface area contributed by atoms with E-state index in [1.54, 1.807) is 19.9 Å². The van der Waals surface area contributed by atoms with Crippen molar-refractivity contribution in [1.29, 1.82) is 5.26 Å². The van der Waals surface area contributed by atoms with Gasteiger partial charge in [-0.25, -0.2) is 18.0 Å². The smallest absolute Gasteiger partial charge is 0.335 e. The Balaban J connectivity index is 0.000000500. The first-order chi connectivity index (χ1) is 13.1. The predicted octanol–water partition coefficient (Wildman–Crippen LogP) is 2.45. The number of carboxylic acids is 1. The first-order valence-corrected chi connectivity index (χ1v) is 8.25. The van der Waals surface area contributed by atoms with Gasteiger partial charge >= 0.3 is 5.97 Å². The fraction of sp³-hybridized carbons (Fsp3) is 0.500. The molecule has 2 aliphatic rings. The fourth-order valence-corrected chi connectivity index (χ4v) is 3.38. The molecule has 1 aromatic rings. The standard InChI is InChI=1S/C16H15F2N3O2.C2H3FO2/c1-15(2)8-16(5-9(6-19)13(15)22)12(17)11(14(18)23-16)10-7-20-3-4-21-10;3-1-2(4)5/h3-5,7,11-12,14H,8H2,1-2H3;1H2,(H,4,5). The normalized spacial score (nSPS) is 30.8. The minimum atomic E-state index is -1.93. The lowest BCUT2D eigenvalue weighted by atomic mass is 9.67. The minimum absolute atomic E-state index is 0.0393. The highest BCUT2D eigenvalue weighted by atomic mass is 19.2. The second-order valence-electron chi connectivity index (χ2n) is 7.07. The Bertz CT molecular complexity index is 825. The molecule has 4 atom stereocenters. The number of aliphatic carboxylic acids is 1. The summed E-state index contributed by atoms with van der Waals surface area (Å²) in [7, 11) is 0. The summed E-state index contributed by atoms with van der Waals surface area (Å²) in [5.74, 6) is -3.05. The zero-order valence-electron chi connectivity index (χ0n) is 15.1. The van der Waals surface area contributed by atoms with Crippen molar-refractivity contribution in [2.24, 2.45) is 5.41 Å². The van der Waals surface area contributed by atoms with E-state index >= 15 is 4.39 Å². The van der Waals surface area contributed by atoms with Gasteiger partial charge in [0.05, 0.1) is 17.2 Å². The van der Waals surface area contributed by atoms with Gasteiger partial charge in [0.25, 0.3) is 0 Å². The van der Waals surface area contributed by atoms with Crippen molar-refractivity contribution in [2.45, 2.75) is 44.3 Å². The Labute approximate surface area is 158 Å². The van der Waals surface area contributed by atoms with E-state index < -0.39 is 42.1 Å². The molecule has 0 aromatic carbocycles. The van der Waals surface area contributed by atoms with Gasteiger partial charge in [-0.3, -0.25) is 14.8 Å². The van der Waals surface area contributed by atoms with Gasteiger partial charge in [-0.2, -0.15) is 5.26 Å². The Morgan fingerprint density at radius 1 is 1.43 bits per heavy atom. The molecule has 150 valence electrons. The zero-order chi connectivity index (χ0) is 21.1. The number of ether oxygens (including phenoxy) is 1. The molecule has 4 unspecified atom stereocenters. The van der Waals surface area contributed by atoms with E-state index in [1.165, 1.54) is 18.6 Å². The van der Waals surface area contributed by atoms with Crippen LogP contribution in [0.5, 0.6) is 0 Å². The van der Waals surface area contributed by atoms with Crippen LogP contribution in [0.2, 0.25) is 0 Å². The van der Waals surface area contributed by atoms with Crippen LogP contribution >= 0.6 is 0 Å². The summed E-state index contributed by atoms with van der Waals surface area (Å²) in [6.45, 7) is 1.92. The number of carbonyl (C=O) groups excluding carboxylic acids is 1. The first kappa shape index (κ1) is 21.5. The number of hydrogen-bond donors (Lipinski definition) is 1. The summed E-state index contributed by atoms with van der Waals surface area (Å²) in [4.78, 5) is 29.0. The molecule has 10 heteroatoms. The van der Waals surface area contributed by atoms with Crippen LogP contribution in [0.1, 0.15) is 31.9 Å². The lowest BCUT2D eigenvalue weighted by Crippen LogP contribution is -2.47. The third kappa shape index (κ3) is 4.04. The van der Waals surface area contributed by atoms with Gasteiger partial charge in [0.2, 0.25) is 6.36 Å². The van der Waals surface area contributed by atoms with Crippen LogP contribution < -0.4 is 0 Å². The van der Waals surface area contributed by atoms with Crippen LogP contribution in [-0.2, 0) is 14.3 Å². The molecule has 1 fully saturated rings. The third-order valence-corrected chi connectivity index (χ3v) is 4.52. The molecule has 1 N–H and O–H groups in total. The number of nitrogens with zero attached hydrogens (tertiary/aromatic N) is 3. The van der Waals surface area contributed by atoms with Gasteiger partial charge in [-0.05, 0) is 12.5 Å². The topological polar surface area (TPSA) is 113 Å². The van der Waals surface area contributed by atoms with Gasteiger partial charge in [0, 0.05) is 24.0 Å². The fourth-order valence-electron chi connectivity index (χ4n) is 3.38. The number of alkyl halides is 3. The quantitative estimate of drug-likeness (QED) is 0.815. The van der Waals surface area contributed by atoms with Gasteiger partial charge in [-0.1, -0.05) is 13.8 Å². The highest BCUT2D eigenvalue weighted by Crippen LogP contribution is 2.52. The van der Waals surface area contributed by atoms with Crippen molar-refractivity contribution in [3.05, 3.63) is 35.9 Å². The van der Waals surface area contributed by atoms with Crippen molar-refractivity contribution < 1.29 is 32.6 Å². The molecule has 2 heterocycles. The third-order valence-electron chi connectivity index (χ3n) is 4.52. The van der Waals surface area contributed by atoms with Crippen molar-refractivity contribution in [3.63, 3.8) is 0 Å². The molecule has 0 amide bonds. The molecule has 7 nitrogen and oxygen atoms in total. The molecule has 28 heavy (non-hydrogen) atoms. The molecule has 1 spiro atoms. The molecule has 0 saturated carbocycles. The monoisotopic (exact) mass is 397 g/mol. The Hall–Kier alpha value is -2.80. The summed E-state index contributed by atoms with van der Waals surface area (Å²) in [5.41, 5.74) is -2.72. The second kappa shape index (κ2) is 8.06. The van der Waals surface area contributed by atoms with E-state index in [-0.39, 0.29) is 23.5 Å². The maximum Gasteiger partial charge on any atom is 0.335 e. The van der Waals surface area contributed by atoms with Crippen LogP contribution in [0.25, 0.3) is 0 Å². The highest BCUT2D eigenvalue weighted by Gasteiger charge is 2.60. The van der Waals surface area contributed by atoms with Crippen molar-refractivity contribution >= 4 is 11.8 Å². The SMILES string of the molecule is CC1(C)CC2(C=C(C#N)C1=O)OC(F)C(c1cnccn1)C2F.O=C(O)CF. The van der Waals surface area contributed by atoms with Crippen LogP contribution in [-0.4, -0.2) is 51.6 Å². The number of aromatic nitrogens is 2. The van der Waals surface area contributed by atoms with Crippen LogP contribution in [0.3, 0.4) is 0 Å². The number of nitriles is 1. The van der Waals surface area contributed by atoms with E-state index in [0.717, 1.165) is 6.08 Å². The largest absolute Gasteiger partial charge is 0.479 e. The van der Waals surface area contributed by atoms with E-state index in [2.05, 4.69) is 9.97 Å². The number of Topliss-reactive ketones (excluding diaryl/α,β-unsaturated/α-hetero) is 1. The first-order valence-electron chi connectivity index (χ1n) is 8.25. The summed E-state index contributed by atoms with van der Waals surface area (Å²) in [6.07, 6.45) is 1.44. The lowest BCUT2D eigenvalue weighted by Gasteiger charge is -2.39. The predicted molar refractivity (Wildman–Crippen MR) is 89.1 cm³/mol. The highest BCUT2D eigenvalue weighted by molar-refractivity contribution is 6.04. The number of carboxylic acid groups (broad SMARTS) is 1. The molecule has 1 saturated heterocycles. The average Bonchev–Trinajstić information content (AvgIpc) is 2.88. The van der Waals surface area contributed by atoms with E-state index in [0.29, 0.717) is 0 Å². The van der Waals surface area contributed by atoms with E-state index in [4.69, 9.17) is 19.9 Å². The summed E-state index contributed by atoms with van der Waals surface area (Å²) < 4.78 is 45.4. The molecule has 0 radical (unpaired) electrons. The summed E-state index contributed by atoms with van der Waals surface area (Å²) in [6, 6.07) is 1.76. The van der Waals surface area contributed by atoms with Gasteiger partial charge in [0.1, 0.15) is 17.8 Å². The molecule has 0 bridgehead atoms. The minimum Gasteiger partial charge on any atom is -0.479 e. The van der Waals surface area contributed by atoms with Gasteiger partial charge in [0.15, 0.2) is 12.5 Å². The maximum absolute atomic E-state index is 15.1. The molecule has 1 aromatic heterocycles. The number of hydrogen-bond acceptors (Lipinski definition) is 6. The number of halogens is 3.